The van der Waals surface area contributed by atoms with Crippen LogP contribution in [-0.2, 0) is 0 Å². The van der Waals surface area contributed by atoms with Crippen molar-refractivity contribution in [3.05, 3.63) is 51.2 Å². The maximum absolute atomic E-state index is 13.8. The first-order valence-electron chi connectivity index (χ1n) is 4.92. The molecule has 2 rings (SSSR count). The van der Waals surface area contributed by atoms with Crippen LogP contribution in [-0.4, -0.2) is 10.1 Å². The van der Waals surface area contributed by atoms with E-state index in [1.54, 1.807) is 18.6 Å². The van der Waals surface area contributed by atoms with E-state index in [2.05, 4.69) is 4.98 Å². The van der Waals surface area contributed by atoms with Crippen LogP contribution in [0.25, 0.3) is 0 Å². The molecule has 0 aliphatic heterocycles. The van der Waals surface area contributed by atoms with E-state index in [0.717, 1.165) is 11.1 Å². The number of nitrogens with zero attached hydrogens (tertiary/aromatic N) is 1. The average Bonchev–Trinajstić information content (AvgIpc) is 2.67. The largest absolute Gasteiger partial charge is 0.383 e. The number of aliphatic hydroxyl groups is 1. The zero-order chi connectivity index (χ0) is 11.7. The Labute approximate surface area is 97.4 Å². The molecule has 0 aliphatic rings. The summed E-state index contributed by atoms with van der Waals surface area (Å²) >= 11 is 1.32. The Hall–Kier alpha value is -1.26. The van der Waals surface area contributed by atoms with Crippen LogP contribution in [0.1, 0.15) is 27.7 Å². The highest BCUT2D eigenvalue weighted by atomic mass is 32.1. The lowest BCUT2D eigenvalue weighted by Gasteiger charge is -2.13. The highest BCUT2D eigenvalue weighted by Gasteiger charge is 2.18. The number of halogens is 1. The summed E-state index contributed by atoms with van der Waals surface area (Å²) in [4.78, 5) is 4.54. The molecule has 2 aromatic rings. The molecule has 1 heterocycles. The van der Waals surface area contributed by atoms with Gasteiger partial charge in [0.2, 0.25) is 0 Å². The maximum Gasteiger partial charge on any atom is 0.129 e. The van der Waals surface area contributed by atoms with Crippen LogP contribution in [0, 0.1) is 19.7 Å². The fraction of sp³-hybridized carbons (Fsp3) is 0.250. The van der Waals surface area contributed by atoms with E-state index in [-0.39, 0.29) is 5.82 Å². The molecule has 4 heteroatoms. The van der Waals surface area contributed by atoms with Gasteiger partial charge in [0.15, 0.2) is 0 Å². The normalized spacial score (nSPS) is 12.8. The molecule has 16 heavy (non-hydrogen) atoms. The van der Waals surface area contributed by atoms with E-state index in [1.807, 2.05) is 13.0 Å². The van der Waals surface area contributed by atoms with E-state index < -0.39 is 6.10 Å². The molecule has 0 radical (unpaired) electrons. The van der Waals surface area contributed by atoms with Crippen molar-refractivity contribution >= 4 is 11.3 Å². The van der Waals surface area contributed by atoms with Crippen LogP contribution in [0.2, 0.25) is 0 Å². The van der Waals surface area contributed by atoms with Crippen LogP contribution in [0.4, 0.5) is 4.39 Å². The van der Waals surface area contributed by atoms with Crippen molar-refractivity contribution in [3.8, 4) is 0 Å². The SMILES string of the molecule is Cc1cc(C)c(C(O)c2cncs2)c(F)c1. The molecule has 1 N–H and O–H groups in total. The van der Waals surface area contributed by atoms with Crippen LogP contribution in [0.3, 0.4) is 0 Å². The third-order valence-corrected chi connectivity index (χ3v) is 3.30. The van der Waals surface area contributed by atoms with Gasteiger partial charge >= 0.3 is 0 Å². The summed E-state index contributed by atoms with van der Waals surface area (Å²) < 4.78 is 13.8. The van der Waals surface area contributed by atoms with Crippen molar-refractivity contribution < 1.29 is 9.50 Å². The average molecular weight is 237 g/mol. The fourth-order valence-corrected chi connectivity index (χ4v) is 2.39. The Bertz CT molecular complexity index is 473. The van der Waals surface area contributed by atoms with Gasteiger partial charge in [0.1, 0.15) is 11.9 Å². The summed E-state index contributed by atoms with van der Waals surface area (Å²) in [6, 6.07) is 3.30. The summed E-state index contributed by atoms with van der Waals surface area (Å²) in [5.74, 6) is -0.363. The summed E-state index contributed by atoms with van der Waals surface area (Å²) in [6.45, 7) is 3.63. The number of thiazole rings is 1. The van der Waals surface area contributed by atoms with E-state index in [4.69, 9.17) is 0 Å². The van der Waals surface area contributed by atoms with Gasteiger partial charge in [-0.1, -0.05) is 6.07 Å². The number of aliphatic hydroxyl groups excluding tert-OH is 1. The van der Waals surface area contributed by atoms with Gasteiger partial charge in [-0.3, -0.25) is 4.98 Å². The molecule has 1 unspecified atom stereocenters. The molecule has 0 saturated carbocycles. The molecule has 1 atom stereocenters. The van der Waals surface area contributed by atoms with Gasteiger partial charge in [0.05, 0.1) is 10.4 Å². The quantitative estimate of drug-likeness (QED) is 0.871. The minimum Gasteiger partial charge on any atom is -0.383 e. The Morgan fingerprint density at radius 1 is 1.38 bits per heavy atom. The second kappa shape index (κ2) is 4.31. The smallest absolute Gasteiger partial charge is 0.129 e. The molecule has 0 fully saturated rings. The van der Waals surface area contributed by atoms with E-state index >= 15 is 0 Å². The maximum atomic E-state index is 13.8. The predicted octanol–water partition coefficient (Wildman–Crippen LogP) is 2.98. The van der Waals surface area contributed by atoms with Crippen molar-refractivity contribution in [2.75, 3.05) is 0 Å². The first kappa shape index (κ1) is 11.2. The summed E-state index contributed by atoms with van der Waals surface area (Å²) in [6.07, 6.45) is 0.641. The van der Waals surface area contributed by atoms with Crippen molar-refractivity contribution in [1.29, 1.82) is 0 Å². The Kier molecular flexibility index (Phi) is 3.03. The number of hydrogen-bond donors (Lipinski definition) is 1. The molecule has 84 valence electrons. The number of benzene rings is 1. The highest BCUT2D eigenvalue weighted by Crippen LogP contribution is 2.29. The summed E-state index contributed by atoms with van der Waals surface area (Å²) in [7, 11) is 0. The third kappa shape index (κ3) is 1.99. The Morgan fingerprint density at radius 2 is 2.12 bits per heavy atom. The van der Waals surface area contributed by atoms with Gasteiger partial charge in [-0.05, 0) is 31.0 Å². The minimum atomic E-state index is -0.923. The fourth-order valence-electron chi connectivity index (χ4n) is 1.78. The van der Waals surface area contributed by atoms with Crippen molar-refractivity contribution in [2.45, 2.75) is 20.0 Å². The zero-order valence-corrected chi connectivity index (χ0v) is 9.88. The second-order valence-electron chi connectivity index (χ2n) is 3.78. The van der Waals surface area contributed by atoms with Crippen LogP contribution < -0.4 is 0 Å². The number of hydrogen-bond acceptors (Lipinski definition) is 3. The van der Waals surface area contributed by atoms with E-state index in [0.29, 0.717) is 10.4 Å². The van der Waals surface area contributed by atoms with E-state index in [9.17, 15) is 9.50 Å². The monoisotopic (exact) mass is 237 g/mol. The molecular weight excluding hydrogens is 225 g/mol. The summed E-state index contributed by atoms with van der Waals surface area (Å²) in [5, 5.41) is 10.1. The minimum absolute atomic E-state index is 0.342. The number of aryl methyl sites for hydroxylation is 2. The van der Waals surface area contributed by atoms with Crippen molar-refractivity contribution in [3.63, 3.8) is 0 Å². The van der Waals surface area contributed by atoms with Gasteiger partial charge in [-0.15, -0.1) is 11.3 Å². The Morgan fingerprint density at radius 3 is 2.69 bits per heavy atom. The molecule has 1 aromatic carbocycles. The molecular formula is C12H12FNOS. The highest BCUT2D eigenvalue weighted by molar-refractivity contribution is 7.09. The van der Waals surface area contributed by atoms with Crippen LogP contribution in [0.15, 0.2) is 23.8 Å². The molecule has 0 aliphatic carbocycles. The first-order valence-corrected chi connectivity index (χ1v) is 5.80. The molecule has 0 spiro atoms. The summed E-state index contributed by atoms with van der Waals surface area (Å²) in [5.41, 5.74) is 3.59. The van der Waals surface area contributed by atoms with E-state index in [1.165, 1.54) is 17.4 Å². The number of aromatic nitrogens is 1. The Balaban J connectivity index is 2.48. The zero-order valence-electron chi connectivity index (χ0n) is 9.07. The molecule has 1 aromatic heterocycles. The molecule has 2 nitrogen and oxygen atoms in total. The molecule has 0 saturated heterocycles. The standard InChI is InChI=1S/C12H12FNOS/c1-7-3-8(2)11(9(13)4-7)12(15)10-5-14-6-16-10/h3-6,12,15H,1-2H3. The lowest BCUT2D eigenvalue weighted by Crippen LogP contribution is -2.04. The predicted molar refractivity (Wildman–Crippen MR) is 62.0 cm³/mol. The van der Waals surface area contributed by atoms with Gasteiger partial charge in [-0.25, -0.2) is 4.39 Å². The van der Waals surface area contributed by atoms with Gasteiger partial charge in [0.25, 0.3) is 0 Å². The van der Waals surface area contributed by atoms with Crippen LogP contribution >= 0.6 is 11.3 Å². The van der Waals surface area contributed by atoms with Crippen molar-refractivity contribution in [2.24, 2.45) is 0 Å². The molecule has 0 amide bonds. The first-order chi connectivity index (χ1) is 7.59. The molecule has 0 bridgehead atoms. The van der Waals surface area contributed by atoms with Gasteiger partial charge in [-0.2, -0.15) is 0 Å². The topological polar surface area (TPSA) is 33.1 Å². The number of rotatable bonds is 2. The lowest BCUT2D eigenvalue weighted by atomic mass is 9.99. The van der Waals surface area contributed by atoms with Gasteiger partial charge < -0.3 is 5.11 Å². The van der Waals surface area contributed by atoms with Crippen LogP contribution in [0.5, 0.6) is 0 Å². The third-order valence-electron chi connectivity index (χ3n) is 2.48. The van der Waals surface area contributed by atoms with Crippen molar-refractivity contribution in [1.82, 2.24) is 4.98 Å². The van der Waals surface area contributed by atoms with Gasteiger partial charge in [0, 0.05) is 11.8 Å². The lowest BCUT2D eigenvalue weighted by molar-refractivity contribution is 0.217. The second-order valence-corrected chi connectivity index (χ2v) is 4.70.